The molecule has 0 spiro atoms. The van der Waals surface area contributed by atoms with Gasteiger partial charge in [-0.25, -0.2) is 0 Å². The Morgan fingerprint density at radius 3 is 3.00 bits per heavy atom. The van der Waals surface area contributed by atoms with Crippen molar-refractivity contribution >= 4 is 17.2 Å². The summed E-state index contributed by atoms with van der Waals surface area (Å²) in [7, 11) is 0. The Morgan fingerprint density at radius 1 is 1.50 bits per heavy atom. The molecular weight excluding hydrogens is 222 g/mol. The lowest BCUT2D eigenvalue weighted by atomic mass is 10.3. The maximum absolute atomic E-state index is 11.7. The van der Waals surface area contributed by atoms with E-state index < -0.39 is 0 Å². The summed E-state index contributed by atoms with van der Waals surface area (Å²) in [5.41, 5.74) is 1.83. The van der Waals surface area contributed by atoms with Crippen LogP contribution in [0.2, 0.25) is 0 Å². The Balaban J connectivity index is 1.59. The number of rotatable bonds is 5. The molecule has 16 heavy (non-hydrogen) atoms. The van der Waals surface area contributed by atoms with Crippen LogP contribution in [0.5, 0.6) is 0 Å². The van der Waals surface area contributed by atoms with Crippen LogP contribution in [0.4, 0.5) is 0 Å². The Bertz CT molecular complexity index is 320. The zero-order chi connectivity index (χ0) is 11.2. The molecule has 1 saturated heterocycles. The Labute approximate surface area is 99.7 Å². The zero-order valence-corrected chi connectivity index (χ0v) is 10.1. The molecule has 2 rings (SSSR count). The van der Waals surface area contributed by atoms with Gasteiger partial charge in [-0.15, -0.1) is 11.3 Å². The van der Waals surface area contributed by atoms with Crippen LogP contribution in [-0.2, 0) is 11.3 Å². The van der Waals surface area contributed by atoms with Gasteiger partial charge in [0, 0.05) is 43.7 Å². The molecule has 0 unspecified atom stereocenters. The van der Waals surface area contributed by atoms with Crippen molar-refractivity contribution < 1.29 is 4.79 Å². The van der Waals surface area contributed by atoms with E-state index in [9.17, 15) is 4.79 Å². The first-order valence-corrected chi connectivity index (χ1v) is 6.60. The molecule has 4 nitrogen and oxygen atoms in total. The maximum Gasteiger partial charge on any atom is 0.223 e. The Morgan fingerprint density at radius 2 is 2.31 bits per heavy atom. The van der Waals surface area contributed by atoms with Gasteiger partial charge in [0.25, 0.3) is 0 Å². The molecule has 1 aromatic heterocycles. The predicted molar refractivity (Wildman–Crippen MR) is 64.3 cm³/mol. The van der Waals surface area contributed by atoms with Crippen LogP contribution in [0.1, 0.15) is 24.1 Å². The lowest BCUT2D eigenvalue weighted by Crippen LogP contribution is -2.30. The fraction of sp³-hybridized carbons (Fsp3) is 0.636. The molecule has 0 bridgehead atoms. The molecule has 0 aliphatic carbocycles. The highest BCUT2D eigenvalue weighted by atomic mass is 32.1. The summed E-state index contributed by atoms with van der Waals surface area (Å²) in [6, 6.07) is 0. The van der Waals surface area contributed by atoms with Gasteiger partial charge in [0.05, 0.1) is 5.51 Å². The Hall–Kier alpha value is -0.940. The molecule has 1 aromatic rings. The highest BCUT2D eigenvalue weighted by Gasteiger charge is 2.16. The molecule has 88 valence electrons. The van der Waals surface area contributed by atoms with Crippen molar-refractivity contribution in [3.63, 3.8) is 0 Å². The predicted octanol–water partition coefficient (Wildman–Crippen LogP) is 1.25. The maximum atomic E-state index is 11.7. The van der Waals surface area contributed by atoms with Crippen molar-refractivity contribution in [1.82, 2.24) is 15.2 Å². The van der Waals surface area contributed by atoms with Gasteiger partial charge in [-0.2, -0.15) is 0 Å². The molecule has 1 N–H and O–H groups in total. The van der Waals surface area contributed by atoms with Crippen molar-refractivity contribution in [3.8, 4) is 0 Å². The van der Waals surface area contributed by atoms with Crippen LogP contribution in [-0.4, -0.2) is 35.4 Å². The largest absolute Gasteiger partial charge is 0.343 e. The third-order valence-corrected chi connectivity index (χ3v) is 3.54. The summed E-state index contributed by atoms with van der Waals surface area (Å²) in [4.78, 5) is 18.9. The number of carbonyl (C=O) groups is 1. The van der Waals surface area contributed by atoms with Gasteiger partial charge in [0.1, 0.15) is 0 Å². The smallest absolute Gasteiger partial charge is 0.223 e. The van der Waals surface area contributed by atoms with E-state index in [1.165, 1.54) is 17.7 Å². The third-order valence-electron chi connectivity index (χ3n) is 2.76. The molecule has 1 aliphatic rings. The second-order valence-corrected chi connectivity index (χ2v) is 4.95. The van der Waals surface area contributed by atoms with Gasteiger partial charge < -0.3 is 10.2 Å². The topological polar surface area (TPSA) is 45.2 Å². The summed E-state index contributed by atoms with van der Waals surface area (Å²) >= 11 is 1.64. The average molecular weight is 239 g/mol. The second-order valence-electron chi connectivity index (χ2n) is 3.98. The normalized spacial score (nSPS) is 15.6. The molecule has 1 fully saturated rings. The van der Waals surface area contributed by atoms with Crippen molar-refractivity contribution in [2.75, 3.05) is 19.6 Å². The monoisotopic (exact) mass is 239 g/mol. The fourth-order valence-electron chi connectivity index (χ4n) is 1.86. The third kappa shape index (κ3) is 3.28. The van der Waals surface area contributed by atoms with Gasteiger partial charge in [-0.3, -0.25) is 9.78 Å². The summed E-state index contributed by atoms with van der Waals surface area (Å²) < 4.78 is 0. The average Bonchev–Trinajstić information content (AvgIpc) is 2.96. The number of thiazole rings is 1. The van der Waals surface area contributed by atoms with Gasteiger partial charge in [0.15, 0.2) is 0 Å². The van der Waals surface area contributed by atoms with E-state index in [0.717, 1.165) is 26.2 Å². The van der Waals surface area contributed by atoms with E-state index in [4.69, 9.17) is 0 Å². The van der Waals surface area contributed by atoms with Crippen LogP contribution in [0, 0.1) is 0 Å². The van der Waals surface area contributed by atoms with Gasteiger partial charge in [-0.1, -0.05) is 0 Å². The minimum atomic E-state index is 0.286. The van der Waals surface area contributed by atoms with E-state index in [1.54, 1.807) is 11.3 Å². The summed E-state index contributed by atoms with van der Waals surface area (Å²) in [5, 5.41) is 3.27. The highest BCUT2D eigenvalue weighted by Crippen LogP contribution is 2.08. The number of aromatic nitrogens is 1. The zero-order valence-electron chi connectivity index (χ0n) is 9.32. The standard InChI is InChI=1S/C11H17N3OS/c15-11(14-5-1-2-6-14)3-4-12-7-10-8-13-9-16-10/h8-9,12H,1-7H2. The number of nitrogens with zero attached hydrogens (tertiary/aromatic N) is 2. The number of hydrogen-bond donors (Lipinski definition) is 1. The van der Waals surface area contributed by atoms with E-state index in [1.807, 2.05) is 16.6 Å². The van der Waals surface area contributed by atoms with E-state index >= 15 is 0 Å². The minimum absolute atomic E-state index is 0.286. The first kappa shape index (κ1) is 11.5. The quantitative estimate of drug-likeness (QED) is 0.786. The molecule has 0 atom stereocenters. The number of carbonyl (C=O) groups excluding carboxylic acids is 1. The number of nitrogens with one attached hydrogen (secondary N) is 1. The number of amides is 1. The molecule has 0 radical (unpaired) electrons. The number of likely N-dealkylation sites (tertiary alicyclic amines) is 1. The van der Waals surface area contributed by atoms with Crippen molar-refractivity contribution in [2.45, 2.75) is 25.8 Å². The lowest BCUT2D eigenvalue weighted by molar-refractivity contribution is -0.130. The van der Waals surface area contributed by atoms with Gasteiger partial charge >= 0.3 is 0 Å². The lowest BCUT2D eigenvalue weighted by Gasteiger charge is -2.14. The second kappa shape index (κ2) is 5.96. The number of hydrogen-bond acceptors (Lipinski definition) is 4. The minimum Gasteiger partial charge on any atom is -0.343 e. The van der Waals surface area contributed by atoms with Gasteiger partial charge in [0.2, 0.25) is 5.91 Å². The van der Waals surface area contributed by atoms with E-state index in [0.29, 0.717) is 6.42 Å². The van der Waals surface area contributed by atoms with Gasteiger partial charge in [-0.05, 0) is 12.8 Å². The SMILES string of the molecule is O=C(CCNCc1cncs1)N1CCCC1. The van der Waals surface area contributed by atoms with Crippen molar-refractivity contribution in [2.24, 2.45) is 0 Å². The molecule has 0 saturated carbocycles. The molecular formula is C11H17N3OS. The summed E-state index contributed by atoms with van der Waals surface area (Å²) in [6.07, 6.45) is 4.80. The molecule has 5 heteroatoms. The summed E-state index contributed by atoms with van der Waals surface area (Å²) in [6.45, 7) is 3.48. The Kier molecular flexibility index (Phi) is 4.30. The fourth-order valence-corrected chi connectivity index (χ4v) is 2.43. The molecule has 1 amide bonds. The molecule has 2 heterocycles. The summed E-state index contributed by atoms with van der Waals surface area (Å²) in [5.74, 6) is 0.286. The highest BCUT2D eigenvalue weighted by molar-refractivity contribution is 7.09. The van der Waals surface area contributed by atoms with Crippen LogP contribution >= 0.6 is 11.3 Å². The van der Waals surface area contributed by atoms with Crippen LogP contribution in [0.3, 0.4) is 0 Å². The molecule has 1 aliphatic heterocycles. The van der Waals surface area contributed by atoms with Crippen molar-refractivity contribution in [1.29, 1.82) is 0 Å². The first-order chi connectivity index (χ1) is 7.86. The molecule has 0 aromatic carbocycles. The van der Waals surface area contributed by atoms with Crippen LogP contribution < -0.4 is 5.32 Å². The van der Waals surface area contributed by atoms with E-state index in [-0.39, 0.29) is 5.91 Å². The van der Waals surface area contributed by atoms with Crippen molar-refractivity contribution in [3.05, 3.63) is 16.6 Å². The van der Waals surface area contributed by atoms with E-state index in [2.05, 4.69) is 10.3 Å². The van der Waals surface area contributed by atoms with Crippen LogP contribution in [0.25, 0.3) is 0 Å². The first-order valence-electron chi connectivity index (χ1n) is 5.72. The van der Waals surface area contributed by atoms with Crippen LogP contribution in [0.15, 0.2) is 11.7 Å².